The van der Waals surface area contributed by atoms with Gasteiger partial charge in [0.15, 0.2) is 0 Å². The van der Waals surface area contributed by atoms with Crippen molar-refractivity contribution in [3.05, 3.63) is 108 Å². The van der Waals surface area contributed by atoms with Crippen LogP contribution in [0.3, 0.4) is 0 Å². The Bertz CT molecular complexity index is 1320. The predicted octanol–water partition coefficient (Wildman–Crippen LogP) is 7.25. The van der Waals surface area contributed by atoms with E-state index in [4.69, 9.17) is 21.3 Å². The molecule has 0 bridgehead atoms. The summed E-state index contributed by atoms with van der Waals surface area (Å²) in [5.41, 5.74) is 4.62. The highest BCUT2D eigenvalue weighted by Crippen LogP contribution is 2.35. The van der Waals surface area contributed by atoms with Crippen LogP contribution in [0.1, 0.15) is 0 Å². The number of pyridine rings is 1. The second-order valence-electron chi connectivity index (χ2n) is 7.00. The van der Waals surface area contributed by atoms with Crippen LogP contribution in [0.5, 0.6) is 11.5 Å². The molecule has 150 valence electrons. The van der Waals surface area contributed by atoms with Gasteiger partial charge in [0.1, 0.15) is 17.3 Å². The van der Waals surface area contributed by atoms with Gasteiger partial charge in [-0.3, -0.25) is 4.98 Å². The summed E-state index contributed by atoms with van der Waals surface area (Å²) in [6.45, 7) is 0. The number of aromatic nitrogens is 3. The molecule has 0 atom stereocenters. The number of nitrogens with one attached hydrogen (secondary N) is 1. The van der Waals surface area contributed by atoms with Crippen LogP contribution >= 0.6 is 11.6 Å². The molecule has 0 unspecified atom stereocenters. The molecule has 0 spiro atoms. The molecule has 4 nitrogen and oxygen atoms in total. The van der Waals surface area contributed by atoms with E-state index in [1.165, 1.54) is 0 Å². The van der Waals surface area contributed by atoms with Gasteiger partial charge in [-0.25, -0.2) is 4.98 Å². The number of ether oxygens (including phenoxy) is 1. The minimum absolute atomic E-state index is 0.666. The molecule has 0 aliphatic heterocycles. The van der Waals surface area contributed by atoms with Crippen LogP contribution in [0.2, 0.25) is 5.02 Å². The van der Waals surface area contributed by atoms with E-state index in [0.29, 0.717) is 5.02 Å². The van der Waals surface area contributed by atoms with E-state index in [0.717, 1.165) is 45.4 Å². The van der Waals surface area contributed by atoms with Gasteiger partial charge in [-0.1, -0.05) is 54.1 Å². The fourth-order valence-corrected chi connectivity index (χ4v) is 3.60. The van der Waals surface area contributed by atoms with Crippen molar-refractivity contribution in [3.8, 4) is 45.4 Å². The summed E-state index contributed by atoms with van der Waals surface area (Å²) in [4.78, 5) is 12.5. The Hall–Kier alpha value is -3.89. The highest BCUT2D eigenvalue weighted by Gasteiger charge is 2.16. The Balaban J connectivity index is 1.60. The van der Waals surface area contributed by atoms with Crippen molar-refractivity contribution in [2.75, 3.05) is 0 Å². The number of hydrogen-bond donors (Lipinski definition) is 1. The number of rotatable bonds is 5. The predicted molar refractivity (Wildman–Crippen MR) is 124 cm³/mol. The molecule has 0 radical (unpaired) electrons. The van der Waals surface area contributed by atoms with Gasteiger partial charge in [0.25, 0.3) is 0 Å². The van der Waals surface area contributed by atoms with Crippen molar-refractivity contribution in [1.29, 1.82) is 0 Å². The van der Waals surface area contributed by atoms with Gasteiger partial charge in [-0.2, -0.15) is 0 Å². The van der Waals surface area contributed by atoms with Gasteiger partial charge in [0, 0.05) is 34.1 Å². The van der Waals surface area contributed by atoms with Gasteiger partial charge in [-0.05, 0) is 48.5 Å². The summed E-state index contributed by atoms with van der Waals surface area (Å²) < 4.78 is 6.03. The van der Waals surface area contributed by atoms with Crippen molar-refractivity contribution >= 4 is 11.6 Å². The van der Waals surface area contributed by atoms with Crippen molar-refractivity contribution in [2.24, 2.45) is 0 Å². The average Bonchev–Trinajstić information content (AvgIpc) is 3.26. The van der Waals surface area contributed by atoms with E-state index in [9.17, 15) is 0 Å². The fourth-order valence-electron chi connectivity index (χ4n) is 3.41. The summed E-state index contributed by atoms with van der Waals surface area (Å²) >= 11 is 6.21. The van der Waals surface area contributed by atoms with Crippen LogP contribution in [0.25, 0.3) is 33.9 Å². The first-order valence-electron chi connectivity index (χ1n) is 9.86. The minimum Gasteiger partial charge on any atom is -0.457 e. The quantitative estimate of drug-likeness (QED) is 0.324. The summed E-state index contributed by atoms with van der Waals surface area (Å²) in [5, 5.41) is 0.666. The maximum absolute atomic E-state index is 6.21. The van der Waals surface area contributed by atoms with Gasteiger partial charge in [0.05, 0.1) is 11.4 Å². The molecule has 2 aromatic heterocycles. The van der Waals surface area contributed by atoms with Gasteiger partial charge in [0.2, 0.25) is 0 Å². The molecular weight excluding hydrogens is 406 g/mol. The first-order valence-corrected chi connectivity index (χ1v) is 10.2. The number of aromatic amines is 1. The Morgan fingerprint density at radius 1 is 0.677 bits per heavy atom. The Morgan fingerprint density at radius 3 is 2.23 bits per heavy atom. The van der Waals surface area contributed by atoms with E-state index in [2.05, 4.69) is 9.97 Å². The molecule has 0 saturated heterocycles. The zero-order chi connectivity index (χ0) is 21.0. The highest BCUT2D eigenvalue weighted by molar-refractivity contribution is 6.30. The zero-order valence-electron chi connectivity index (χ0n) is 16.5. The lowest BCUT2D eigenvalue weighted by molar-refractivity contribution is 0.483. The molecule has 0 aliphatic rings. The van der Waals surface area contributed by atoms with Crippen molar-refractivity contribution in [2.45, 2.75) is 0 Å². The lowest BCUT2D eigenvalue weighted by Gasteiger charge is -2.08. The maximum atomic E-state index is 6.21. The largest absolute Gasteiger partial charge is 0.457 e. The van der Waals surface area contributed by atoms with E-state index >= 15 is 0 Å². The summed E-state index contributed by atoms with van der Waals surface area (Å²) in [5.74, 6) is 2.28. The van der Waals surface area contributed by atoms with Crippen LogP contribution in [0, 0.1) is 0 Å². The van der Waals surface area contributed by atoms with Crippen LogP contribution in [0.15, 0.2) is 103 Å². The summed E-state index contributed by atoms with van der Waals surface area (Å²) in [7, 11) is 0. The normalized spacial score (nSPS) is 10.7. The van der Waals surface area contributed by atoms with Crippen molar-refractivity contribution in [3.63, 3.8) is 0 Å². The second-order valence-corrected chi connectivity index (χ2v) is 7.43. The molecule has 0 amide bonds. The van der Waals surface area contributed by atoms with E-state index in [1.54, 1.807) is 12.4 Å². The molecule has 5 aromatic rings. The van der Waals surface area contributed by atoms with E-state index < -0.39 is 0 Å². The molecule has 1 N–H and O–H groups in total. The molecule has 31 heavy (non-hydrogen) atoms. The standard InChI is InChI=1S/C26H18ClN3O/c27-21-8-4-7-20(16-21)26-29-24(18-12-14-28-15-13-18)25(30-26)19-6-5-11-23(17-19)31-22-9-2-1-3-10-22/h1-17H,(H,29,30). The average molecular weight is 424 g/mol. The smallest absolute Gasteiger partial charge is 0.138 e. The topological polar surface area (TPSA) is 50.8 Å². The number of H-pyrrole nitrogens is 1. The summed E-state index contributed by atoms with van der Waals surface area (Å²) in [6, 6.07) is 29.2. The molecule has 0 fully saturated rings. The number of para-hydroxylation sites is 1. The van der Waals surface area contributed by atoms with Crippen molar-refractivity contribution < 1.29 is 4.74 Å². The van der Waals surface area contributed by atoms with Crippen LogP contribution < -0.4 is 4.74 Å². The highest BCUT2D eigenvalue weighted by atomic mass is 35.5. The van der Waals surface area contributed by atoms with Gasteiger partial charge < -0.3 is 9.72 Å². The molecule has 5 heteroatoms. The summed E-state index contributed by atoms with van der Waals surface area (Å²) in [6.07, 6.45) is 3.54. The third-order valence-electron chi connectivity index (χ3n) is 4.86. The SMILES string of the molecule is Clc1cccc(-c2nc(-c3cccc(Oc4ccccc4)c3)c(-c3ccncc3)[nH]2)c1. The van der Waals surface area contributed by atoms with E-state index in [-0.39, 0.29) is 0 Å². The number of nitrogens with zero attached hydrogens (tertiary/aromatic N) is 2. The monoisotopic (exact) mass is 423 g/mol. The van der Waals surface area contributed by atoms with Gasteiger partial charge >= 0.3 is 0 Å². The number of benzene rings is 3. The minimum atomic E-state index is 0.666. The van der Waals surface area contributed by atoms with Crippen LogP contribution in [-0.2, 0) is 0 Å². The molecule has 2 heterocycles. The molecule has 5 rings (SSSR count). The Kier molecular flexibility index (Phi) is 5.21. The van der Waals surface area contributed by atoms with Crippen LogP contribution in [-0.4, -0.2) is 15.0 Å². The zero-order valence-corrected chi connectivity index (χ0v) is 17.3. The molecule has 0 saturated carbocycles. The first-order chi connectivity index (χ1) is 15.3. The van der Waals surface area contributed by atoms with Crippen LogP contribution in [0.4, 0.5) is 0 Å². The molecule has 3 aromatic carbocycles. The van der Waals surface area contributed by atoms with E-state index in [1.807, 2.05) is 91.0 Å². The lowest BCUT2D eigenvalue weighted by Crippen LogP contribution is -1.87. The lowest BCUT2D eigenvalue weighted by atomic mass is 10.1. The van der Waals surface area contributed by atoms with Crippen molar-refractivity contribution in [1.82, 2.24) is 15.0 Å². The Labute approximate surface area is 185 Å². The Morgan fingerprint density at radius 2 is 1.42 bits per heavy atom. The first kappa shape index (κ1) is 19.1. The molecular formula is C26H18ClN3O. The number of hydrogen-bond acceptors (Lipinski definition) is 3. The third kappa shape index (κ3) is 4.20. The molecule has 0 aliphatic carbocycles. The number of halogens is 1. The fraction of sp³-hybridized carbons (Fsp3) is 0. The second kappa shape index (κ2) is 8.46. The maximum Gasteiger partial charge on any atom is 0.138 e. The third-order valence-corrected chi connectivity index (χ3v) is 5.09. The number of imidazole rings is 1. The van der Waals surface area contributed by atoms with Gasteiger partial charge in [-0.15, -0.1) is 0 Å².